The Morgan fingerprint density at radius 3 is 2.67 bits per heavy atom. The predicted molar refractivity (Wildman–Crippen MR) is 101 cm³/mol. The lowest BCUT2D eigenvalue weighted by molar-refractivity contribution is -0.121. The van der Waals surface area contributed by atoms with Gasteiger partial charge >= 0.3 is 5.97 Å². The van der Waals surface area contributed by atoms with E-state index in [-0.39, 0.29) is 22.7 Å². The molecule has 4 heterocycles. The van der Waals surface area contributed by atoms with Crippen LogP contribution < -0.4 is 10.3 Å². The molecule has 1 N–H and O–H groups in total. The number of thiazole rings is 1. The minimum atomic E-state index is -1.29. The van der Waals surface area contributed by atoms with Gasteiger partial charge in [-0.25, -0.2) is 14.8 Å². The summed E-state index contributed by atoms with van der Waals surface area (Å²) >= 11 is 1.32. The first-order chi connectivity index (χ1) is 12.9. The van der Waals surface area contributed by atoms with Crippen molar-refractivity contribution in [1.29, 1.82) is 0 Å². The molecular formula is C18H16N4O4S. The zero-order valence-electron chi connectivity index (χ0n) is 14.7. The van der Waals surface area contributed by atoms with Crippen LogP contribution in [0.15, 0.2) is 28.6 Å². The number of anilines is 1. The number of carboxylic acids is 1. The molecule has 8 nitrogen and oxygen atoms in total. The van der Waals surface area contributed by atoms with Crippen LogP contribution in [0, 0.1) is 12.8 Å². The van der Waals surface area contributed by atoms with Crippen molar-refractivity contribution in [2.45, 2.75) is 13.8 Å². The second-order valence-corrected chi connectivity index (χ2v) is 7.44. The van der Waals surface area contributed by atoms with Crippen LogP contribution in [0.2, 0.25) is 0 Å². The third kappa shape index (κ3) is 2.80. The van der Waals surface area contributed by atoms with Crippen LogP contribution in [-0.2, 0) is 4.79 Å². The number of Topliss-reactive ketones (excluding diaryl/α,β-unsaturated/α-hetero) is 1. The van der Waals surface area contributed by atoms with Gasteiger partial charge in [-0.2, -0.15) is 0 Å². The smallest absolute Gasteiger partial charge is 0.341 e. The summed E-state index contributed by atoms with van der Waals surface area (Å²) in [6, 6.07) is 1.76. The van der Waals surface area contributed by atoms with Gasteiger partial charge in [-0.05, 0) is 25.5 Å². The molecule has 0 spiro atoms. The average molecular weight is 384 g/mol. The number of pyridine rings is 2. The number of rotatable bonds is 4. The Hall–Kier alpha value is -3.07. The number of aromatic carboxylic acids is 1. The molecule has 0 aliphatic carbocycles. The zero-order valence-corrected chi connectivity index (χ0v) is 15.5. The lowest BCUT2D eigenvalue weighted by Gasteiger charge is -2.39. The number of hydrogen-bond donors (Lipinski definition) is 1. The molecule has 0 aromatic carbocycles. The van der Waals surface area contributed by atoms with E-state index in [1.165, 1.54) is 17.5 Å². The third-order valence-corrected chi connectivity index (χ3v) is 5.55. The lowest BCUT2D eigenvalue weighted by atomic mass is 9.96. The monoisotopic (exact) mass is 384 g/mol. The number of carbonyl (C=O) groups excluding carboxylic acids is 1. The molecule has 0 radical (unpaired) electrons. The van der Waals surface area contributed by atoms with Crippen LogP contribution in [0.4, 0.5) is 5.82 Å². The Kier molecular flexibility index (Phi) is 4.03. The normalized spacial score (nSPS) is 14.4. The fraction of sp³-hybridized carbons (Fsp3) is 0.278. The van der Waals surface area contributed by atoms with Crippen LogP contribution in [-0.4, -0.2) is 44.5 Å². The topological polar surface area (TPSA) is 105 Å². The van der Waals surface area contributed by atoms with Gasteiger partial charge in [0.05, 0.1) is 11.3 Å². The van der Waals surface area contributed by atoms with Crippen molar-refractivity contribution < 1.29 is 14.7 Å². The van der Waals surface area contributed by atoms with E-state index in [0.29, 0.717) is 35.2 Å². The highest BCUT2D eigenvalue weighted by molar-refractivity contribution is 7.12. The van der Waals surface area contributed by atoms with Gasteiger partial charge in [-0.3, -0.25) is 14.2 Å². The van der Waals surface area contributed by atoms with E-state index in [0.717, 1.165) is 0 Å². The standard InChI is InChI=1S/C18H16N4O4S/c1-9-5-13(21-6-11(7-21)10(2)23)20-16-14(9)15(24)12(17(25)26)8-22(16)18-19-3-4-27-18/h3-5,8,11H,6-7H2,1-2H3,(H,25,26). The summed E-state index contributed by atoms with van der Waals surface area (Å²) in [4.78, 5) is 46.6. The number of fused-ring (bicyclic) bond motifs is 1. The first-order valence-electron chi connectivity index (χ1n) is 8.32. The molecule has 0 bridgehead atoms. The minimum Gasteiger partial charge on any atom is -0.477 e. The lowest BCUT2D eigenvalue weighted by Crippen LogP contribution is -2.50. The maximum absolute atomic E-state index is 12.7. The Bertz CT molecular complexity index is 1130. The molecule has 0 atom stereocenters. The summed E-state index contributed by atoms with van der Waals surface area (Å²) in [5.74, 6) is -0.485. The Balaban J connectivity index is 1.94. The number of carbonyl (C=O) groups is 2. The van der Waals surface area contributed by atoms with Crippen molar-refractivity contribution in [2.75, 3.05) is 18.0 Å². The largest absolute Gasteiger partial charge is 0.477 e. The highest BCUT2D eigenvalue weighted by Gasteiger charge is 2.32. The first-order valence-corrected chi connectivity index (χ1v) is 9.20. The van der Waals surface area contributed by atoms with Crippen LogP contribution >= 0.6 is 11.3 Å². The number of carboxylic acid groups (broad SMARTS) is 1. The van der Waals surface area contributed by atoms with E-state index in [4.69, 9.17) is 0 Å². The van der Waals surface area contributed by atoms with Gasteiger partial charge in [-0.15, -0.1) is 11.3 Å². The van der Waals surface area contributed by atoms with Crippen molar-refractivity contribution >= 4 is 39.9 Å². The van der Waals surface area contributed by atoms with E-state index < -0.39 is 11.4 Å². The number of nitrogens with zero attached hydrogens (tertiary/aromatic N) is 4. The highest BCUT2D eigenvalue weighted by atomic mass is 32.1. The molecule has 3 aromatic heterocycles. The number of aromatic nitrogens is 3. The van der Waals surface area contributed by atoms with Crippen molar-refractivity contribution in [3.63, 3.8) is 0 Å². The van der Waals surface area contributed by atoms with Gasteiger partial charge in [0.25, 0.3) is 0 Å². The van der Waals surface area contributed by atoms with Crippen molar-refractivity contribution in [2.24, 2.45) is 5.92 Å². The van der Waals surface area contributed by atoms with Crippen LogP contribution in [0.25, 0.3) is 16.2 Å². The molecule has 1 saturated heterocycles. The molecule has 0 saturated carbocycles. The van der Waals surface area contributed by atoms with Gasteiger partial charge in [0, 0.05) is 30.9 Å². The fourth-order valence-electron chi connectivity index (χ4n) is 3.20. The third-order valence-electron chi connectivity index (χ3n) is 4.78. The minimum absolute atomic E-state index is 0.00153. The molecule has 4 rings (SSSR count). The summed E-state index contributed by atoms with van der Waals surface area (Å²) in [7, 11) is 0. The first kappa shape index (κ1) is 17.3. The summed E-state index contributed by atoms with van der Waals surface area (Å²) in [5, 5.41) is 12.0. The van der Waals surface area contributed by atoms with Gasteiger partial charge in [0.1, 0.15) is 17.2 Å². The van der Waals surface area contributed by atoms with Gasteiger partial charge in [-0.1, -0.05) is 0 Å². The van der Waals surface area contributed by atoms with Crippen molar-refractivity contribution in [3.8, 4) is 5.13 Å². The summed E-state index contributed by atoms with van der Waals surface area (Å²) in [5.41, 5.74) is 0.115. The second-order valence-electron chi connectivity index (χ2n) is 6.57. The summed E-state index contributed by atoms with van der Waals surface area (Å²) in [6.07, 6.45) is 2.88. The summed E-state index contributed by atoms with van der Waals surface area (Å²) < 4.78 is 1.55. The molecule has 138 valence electrons. The van der Waals surface area contributed by atoms with Crippen LogP contribution in [0.5, 0.6) is 0 Å². The van der Waals surface area contributed by atoms with Gasteiger partial charge in [0.15, 0.2) is 10.8 Å². The quantitative estimate of drug-likeness (QED) is 0.732. The van der Waals surface area contributed by atoms with Gasteiger partial charge in [0.2, 0.25) is 5.43 Å². The molecule has 0 unspecified atom stereocenters. The van der Waals surface area contributed by atoms with E-state index in [1.54, 1.807) is 36.1 Å². The molecule has 9 heteroatoms. The van der Waals surface area contributed by atoms with E-state index in [9.17, 15) is 19.5 Å². The predicted octanol–water partition coefficient (Wildman–Crippen LogP) is 1.87. The molecule has 0 amide bonds. The SMILES string of the molecule is CC(=O)C1CN(c2cc(C)c3c(=O)c(C(=O)O)cn(-c4nccs4)c3n2)C1. The van der Waals surface area contributed by atoms with Crippen LogP contribution in [0.3, 0.4) is 0 Å². The number of aryl methyl sites for hydroxylation is 1. The van der Waals surface area contributed by atoms with Gasteiger partial charge < -0.3 is 10.0 Å². The maximum atomic E-state index is 12.7. The molecule has 1 fully saturated rings. The zero-order chi connectivity index (χ0) is 19.3. The molecular weight excluding hydrogens is 368 g/mol. The van der Waals surface area contributed by atoms with Crippen molar-refractivity contribution in [1.82, 2.24) is 14.5 Å². The fourth-order valence-corrected chi connectivity index (χ4v) is 3.81. The Morgan fingerprint density at radius 1 is 1.33 bits per heavy atom. The Morgan fingerprint density at radius 2 is 2.07 bits per heavy atom. The van der Waals surface area contributed by atoms with E-state index >= 15 is 0 Å². The number of hydrogen-bond acceptors (Lipinski definition) is 7. The summed E-state index contributed by atoms with van der Waals surface area (Å²) in [6.45, 7) is 4.51. The van der Waals surface area contributed by atoms with E-state index in [2.05, 4.69) is 9.97 Å². The molecule has 1 aliphatic rings. The second kappa shape index (κ2) is 6.27. The Labute approximate surface area is 157 Å². The van der Waals surface area contributed by atoms with Crippen molar-refractivity contribution in [3.05, 3.63) is 45.2 Å². The maximum Gasteiger partial charge on any atom is 0.341 e. The molecule has 3 aromatic rings. The average Bonchev–Trinajstić information content (AvgIpc) is 3.06. The highest BCUT2D eigenvalue weighted by Crippen LogP contribution is 2.28. The van der Waals surface area contributed by atoms with Crippen LogP contribution in [0.1, 0.15) is 22.8 Å². The molecule has 1 aliphatic heterocycles. The number of ketones is 1. The van der Waals surface area contributed by atoms with E-state index in [1.807, 2.05) is 4.90 Å². The molecule has 27 heavy (non-hydrogen) atoms.